The van der Waals surface area contributed by atoms with Crippen LogP contribution >= 0.6 is 0 Å². The number of rotatable bonds is 4. The molecule has 0 unspecified atom stereocenters. The lowest BCUT2D eigenvalue weighted by molar-refractivity contribution is -0.915. The van der Waals surface area contributed by atoms with E-state index in [9.17, 15) is 14.4 Å². The minimum atomic E-state index is -0.300. The number of aryl methyl sites for hydroxylation is 1. The summed E-state index contributed by atoms with van der Waals surface area (Å²) in [5, 5.41) is 0. The fourth-order valence-electron chi connectivity index (χ4n) is 4.22. The van der Waals surface area contributed by atoms with Crippen LogP contribution in [0.15, 0.2) is 48.5 Å². The molecule has 0 aromatic heterocycles. The van der Waals surface area contributed by atoms with Crippen molar-refractivity contribution in [1.29, 1.82) is 0 Å². The lowest BCUT2D eigenvalue weighted by Crippen LogP contribution is -3.19. The Labute approximate surface area is 170 Å². The standard InChI is InChI=1S/C23H25N3O3/c1-16-3-7-20(8-4-16)26-22(28)15-21(23(26)29)25-13-11-24(12-14-25)19-9-5-18(6-10-19)17(2)27/h3-10,21H,11-15H2,1-2H3/p+1/t21-/m1/s1. The van der Waals surface area contributed by atoms with Crippen molar-refractivity contribution in [3.05, 3.63) is 59.7 Å². The van der Waals surface area contributed by atoms with Gasteiger partial charge >= 0.3 is 0 Å². The van der Waals surface area contributed by atoms with Gasteiger partial charge < -0.3 is 9.80 Å². The van der Waals surface area contributed by atoms with Gasteiger partial charge in [0.25, 0.3) is 5.91 Å². The SMILES string of the molecule is CC(=O)c1ccc(N2CC[NH+]([C@@H]3CC(=O)N(c4ccc(C)cc4)C3=O)CC2)cc1. The molecule has 4 rings (SSSR count). The molecule has 2 fully saturated rings. The van der Waals surface area contributed by atoms with Crippen molar-refractivity contribution in [2.24, 2.45) is 0 Å². The lowest BCUT2D eigenvalue weighted by Gasteiger charge is -2.35. The number of carbonyl (C=O) groups excluding carboxylic acids is 3. The number of quaternary nitrogens is 1. The lowest BCUT2D eigenvalue weighted by atomic mass is 10.1. The van der Waals surface area contributed by atoms with Gasteiger partial charge in [-0.05, 0) is 50.2 Å². The zero-order valence-corrected chi connectivity index (χ0v) is 16.9. The quantitative estimate of drug-likeness (QED) is 0.628. The number of anilines is 2. The van der Waals surface area contributed by atoms with Gasteiger partial charge in [-0.2, -0.15) is 0 Å². The van der Waals surface area contributed by atoms with Gasteiger partial charge in [0.15, 0.2) is 11.8 Å². The van der Waals surface area contributed by atoms with Gasteiger partial charge in [0.2, 0.25) is 5.91 Å². The molecule has 0 bridgehead atoms. The van der Waals surface area contributed by atoms with Crippen LogP contribution in [0.4, 0.5) is 11.4 Å². The van der Waals surface area contributed by atoms with Crippen LogP contribution in [0, 0.1) is 6.92 Å². The first-order valence-corrected chi connectivity index (χ1v) is 10.1. The van der Waals surface area contributed by atoms with Crippen LogP contribution in [0.25, 0.3) is 0 Å². The molecule has 2 amide bonds. The average molecular weight is 392 g/mol. The maximum Gasteiger partial charge on any atom is 0.292 e. The number of hydrogen-bond donors (Lipinski definition) is 1. The van der Waals surface area contributed by atoms with E-state index in [0.29, 0.717) is 11.3 Å². The van der Waals surface area contributed by atoms with E-state index in [1.165, 1.54) is 9.80 Å². The highest BCUT2D eigenvalue weighted by molar-refractivity contribution is 6.21. The third kappa shape index (κ3) is 3.80. The first kappa shape index (κ1) is 19.3. The minimum absolute atomic E-state index is 0.0633. The van der Waals surface area contributed by atoms with Crippen molar-refractivity contribution >= 4 is 29.0 Å². The second-order valence-electron chi connectivity index (χ2n) is 7.91. The smallest absolute Gasteiger partial charge is 0.292 e. The van der Waals surface area contributed by atoms with E-state index >= 15 is 0 Å². The van der Waals surface area contributed by atoms with E-state index in [4.69, 9.17) is 0 Å². The minimum Gasteiger partial charge on any atom is -0.360 e. The highest BCUT2D eigenvalue weighted by atomic mass is 16.2. The van der Waals surface area contributed by atoms with E-state index in [1.54, 1.807) is 6.92 Å². The number of nitrogens with zero attached hydrogens (tertiary/aromatic N) is 2. The fourth-order valence-corrected chi connectivity index (χ4v) is 4.22. The van der Waals surface area contributed by atoms with Crippen LogP contribution < -0.4 is 14.7 Å². The molecule has 2 saturated heterocycles. The molecule has 0 saturated carbocycles. The summed E-state index contributed by atoms with van der Waals surface area (Å²) >= 11 is 0. The van der Waals surface area contributed by atoms with Gasteiger partial charge in [-0.3, -0.25) is 14.4 Å². The summed E-state index contributed by atoms with van der Waals surface area (Å²) < 4.78 is 0. The van der Waals surface area contributed by atoms with Crippen molar-refractivity contribution in [2.75, 3.05) is 36.0 Å². The van der Waals surface area contributed by atoms with Crippen molar-refractivity contribution < 1.29 is 19.3 Å². The van der Waals surface area contributed by atoms with Crippen molar-refractivity contribution in [1.82, 2.24) is 0 Å². The van der Waals surface area contributed by atoms with Gasteiger partial charge in [-0.25, -0.2) is 4.90 Å². The van der Waals surface area contributed by atoms with Crippen LogP contribution in [-0.4, -0.2) is 49.8 Å². The number of Topliss-reactive ketones (excluding diaryl/α,β-unsaturated/α-hetero) is 1. The Bertz CT molecular complexity index is 929. The van der Waals surface area contributed by atoms with E-state index < -0.39 is 0 Å². The fraction of sp³-hybridized carbons (Fsp3) is 0.348. The monoisotopic (exact) mass is 392 g/mol. The van der Waals surface area contributed by atoms with E-state index in [-0.39, 0.29) is 30.1 Å². The van der Waals surface area contributed by atoms with Gasteiger partial charge in [0, 0.05) is 11.3 Å². The Hall–Kier alpha value is -2.99. The maximum atomic E-state index is 13.0. The molecule has 150 valence electrons. The molecule has 0 radical (unpaired) electrons. The van der Waals surface area contributed by atoms with Gasteiger partial charge in [0.05, 0.1) is 38.3 Å². The van der Waals surface area contributed by atoms with E-state index in [0.717, 1.165) is 37.4 Å². The summed E-state index contributed by atoms with van der Waals surface area (Å²) in [5.74, 6) is -0.139. The van der Waals surface area contributed by atoms with Gasteiger partial charge in [-0.15, -0.1) is 0 Å². The second kappa shape index (κ2) is 7.79. The number of ketones is 1. The van der Waals surface area contributed by atoms with Crippen LogP contribution in [-0.2, 0) is 9.59 Å². The summed E-state index contributed by atoms with van der Waals surface area (Å²) in [5.41, 5.74) is 3.56. The topological polar surface area (TPSA) is 62.1 Å². The first-order valence-electron chi connectivity index (χ1n) is 10.1. The molecule has 1 N–H and O–H groups in total. The molecule has 0 spiro atoms. The highest BCUT2D eigenvalue weighted by Gasteiger charge is 2.46. The number of carbonyl (C=O) groups is 3. The summed E-state index contributed by atoms with van der Waals surface area (Å²) in [7, 11) is 0. The van der Waals surface area contributed by atoms with Crippen molar-refractivity contribution in [3.63, 3.8) is 0 Å². The molecule has 29 heavy (non-hydrogen) atoms. The third-order valence-electron chi connectivity index (χ3n) is 5.98. The summed E-state index contributed by atoms with van der Waals surface area (Å²) in [4.78, 5) is 41.8. The number of amides is 2. The molecule has 2 aliphatic heterocycles. The second-order valence-corrected chi connectivity index (χ2v) is 7.91. The van der Waals surface area contributed by atoms with Crippen LogP contribution in [0.3, 0.4) is 0 Å². The summed E-state index contributed by atoms with van der Waals surface area (Å²) in [6.45, 7) is 6.79. The number of piperazine rings is 1. The Kier molecular flexibility index (Phi) is 5.20. The number of hydrogen-bond acceptors (Lipinski definition) is 4. The largest absolute Gasteiger partial charge is 0.360 e. The van der Waals surface area contributed by atoms with E-state index in [1.807, 2.05) is 55.5 Å². The Morgan fingerprint density at radius 1 is 0.931 bits per heavy atom. The molecule has 6 heteroatoms. The molecule has 2 aromatic carbocycles. The summed E-state index contributed by atoms with van der Waals surface area (Å²) in [6.07, 6.45) is 0.273. The number of nitrogens with one attached hydrogen (secondary N) is 1. The van der Waals surface area contributed by atoms with Gasteiger partial charge in [0.1, 0.15) is 0 Å². The molecule has 6 nitrogen and oxygen atoms in total. The molecule has 0 aliphatic carbocycles. The number of imide groups is 1. The third-order valence-corrected chi connectivity index (χ3v) is 5.98. The zero-order valence-electron chi connectivity index (χ0n) is 16.9. The highest BCUT2D eigenvalue weighted by Crippen LogP contribution is 2.23. The van der Waals surface area contributed by atoms with Crippen molar-refractivity contribution in [3.8, 4) is 0 Å². The van der Waals surface area contributed by atoms with Crippen molar-refractivity contribution in [2.45, 2.75) is 26.3 Å². The molecule has 1 atom stereocenters. The normalized spacial score (nSPS) is 20.4. The predicted molar refractivity (Wildman–Crippen MR) is 111 cm³/mol. The first-order chi connectivity index (χ1) is 13.9. The summed E-state index contributed by atoms with van der Waals surface area (Å²) in [6, 6.07) is 14.9. The van der Waals surface area contributed by atoms with Crippen LogP contribution in [0.5, 0.6) is 0 Å². The Morgan fingerprint density at radius 2 is 1.52 bits per heavy atom. The molecule has 2 aliphatic rings. The number of benzene rings is 2. The maximum absolute atomic E-state index is 13.0. The molecule has 2 heterocycles. The molecule has 2 aromatic rings. The van der Waals surface area contributed by atoms with Crippen LogP contribution in [0.1, 0.15) is 29.3 Å². The molecular weight excluding hydrogens is 366 g/mol. The Balaban J connectivity index is 1.41. The Morgan fingerprint density at radius 3 is 2.10 bits per heavy atom. The van der Waals surface area contributed by atoms with E-state index in [2.05, 4.69) is 4.90 Å². The zero-order chi connectivity index (χ0) is 20.5. The van der Waals surface area contributed by atoms with Gasteiger partial charge in [-0.1, -0.05) is 17.7 Å². The van der Waals surface area contributed by atoms with Crippen LogP contribution in [0.2, 0.25) is 0 Å². The predicted octanol–water partition coefficient (Wildman–Crippen LogP) is 1.23. The molecular formula is C23H26N3O3+. The average Bonchev–Trinajstić information content (AvgIpc) is 3.03.